The Kier molecular flexibility index (Phi) is 4.93. The van der Waals surface area contributed by atoms with E-state index in [0.717, 1.165) is 18.5 Å². The van der Waals surface area contributed by atoms with Gasteiger partial charge in [0.2, 0.25) is 10.0 Å². The molecule has 0 unspecified atom stereocenters. The molecular weight excluding hydrogens is 378 g/mol. The number of rotatable bonds is 5. The van der Waals surface area contributed by atoms with Gasteiger partial charge in [0.1, 0.15) is 0 Å². The number of carbonyl (C=O) groups is 1. The van der Waals surface area contributed by atoms with E-state index in [1.807, 2.05) is 30.3 Å². The lowest BCUT2D eigenvalue weighted by Gasteiger charge is -2.16. The number of nitrogens with one attached hydrogen (secondary N) is 1. The fourth-order valence-electron chi connectivity index (χ4n) is 3.06. The number of nitrogens with zero attached hydrogens (tertiary/aromatic N) is 4. The highest BCUT2D eigenvalue weighted by molar-refractivity contribution is 7.89. The second kappa shape index (κ2) is 7.53. The Bertz CT molecular complexity index is 1090. The summed E-state index contributed by atoms with van der Waals surface area (Å²) in [7, 11) is -3.54. The third-order valence-electron chi connectivity index (χ3n) is 4.51. The third-order valence-corrected chi connectivity index (χ3v) is 6.40. The molecule has 3 aromatic rings. The Morgan fingerprint density at radius 3 is 2.50 bits per heavy atom. The van der Waals surface area contributed by atoms with Crippen molar-refractivity contribution in [3.05, 3.63) is 66.5 Å². The van der Waals surface area contributed by atoms with Gasteiger partial charge >= 0.3 is 0 Å². The highest BCUT2D eigenvalue weighted by atomic mass is 32.2. The molecule has 0 saturated carbocycles. The van der Waals surface area contributed by atoms with Crippen LogP contribution in [-0.2, 0) is 10.0 Å². The van der Waals surface area contributed by atoms with Gasteiger partial charge in [-0.15, -0.1) is 5.10 Å². The zero-order valence-electron chi connectivity index (χ0n) is 15.0. The molecule has 1 amide bonds. The predicted octanol–water partition coefficient (Wildman–Crippen LogP) is 2.30. The van der Waals surface area contributed by atoms with E-state index in [0.29, 0.717) is 18.8 Å². The maximum Gasteiger partial charge on any atom is 0.277 e. The minimum Gasteiger partial charge on any atom is -0.321 e. The normalized spacial score (nSPS) is 14.9. The van der Waals surface area contributed by atoms with Gasteiger partial charge in [-0.25, -0.2) is 8.42 Å². The molecule has 0 aliphatic carbocycles. The molecule has 1 fully saturated rings. The summed E-state index contributed by atoms with van der Waals surface area (Å²) in [5, 5.41) is 11.0. The lowest BCUT2D eigenvalue weighted by atomic mass is 10.3. The van der Waals surface area contributed by atoms with E-state index >= 15 is 0 Å². The standard InChI is InChI=1S/C19H19N5O3S/c25-19(18-14-20-24(22-18)16-8-2-1-3-9-16)21-15-7-6-10-17(13-15)28(26,27)23-11-4-5-12-23/h1-3,6-10,13-14H,4-5,11-12H2,(H,21,25). The number of hydrogen-bond donors (Lipinski definition) is 1. The van der Waals surface area contributed by atoms with E-state index in [-0.39, 0.29) is 10.6 Å². The monoisotopic (exact) mass is 397 g/mol. The van der Waals surface area contributed by atoms with Crippen LogP contribution in [-0.4, -0.2) is 46.7 Å². The van der Waals surface area contributed by atoms with Crippen LogP contribution < -0.4 is 5.32 Å². The summed E-state index contributed by atoms with van der Waals surface area (Å²) >= 11 is 0. The van der Waals surface area contributed by atoms with Crippen molar-refractivity contribution in [2.45, 2.75) is 17.7 Å². The van der Waals surface area contributed by atoms with Gasteiger partial charge in [-0.3, -0.25) is 4.79 Å². The van der Waals surface area contributed by atoms with Crippen molar-refractivity contribution in [1.29, 1.82) is 0 Å². The topological polar surface area (TPSA) is 97.2 Å². The number of hydrogen-bond acceptors (Lipinski definition) is 5. The van der Waals surface area contributed by atoms with Crippen molar-refractivity contribution >= 4 is 21.6 Å². The molecule has 1 N–H and O–H groups in total. The highest BCUT2D eigenvalue weighted by Gasteiger charge is 2.27. The van der Waals surface area contributed by atoms with E-state index in [1.165, 1.54) is 27.4 Å². The van der Waals surface area contributed by atoms with E-state index < -0.39 is 15.9 Å². The fourth-order valence-corrected chi connectivity index (χ4v) is 4.62. The zero-order chi connectivity index (χ0) is 19.6. The summed E-state index contributed by atoms with van der Waals surface area (Å²) in [5.41, 5.74) is 1.26. The Morgan fingerprint density at radius 2 is 1.75 bits per heavy atom. The van der Waals surface area contributed by atoms with Gasteiger partial charge in [0.15, 0.2) is 5.69 Å². The molecule has 28 heavy (non-hydrogen) atoms. The van der Waals surface area contributed by atoms with E-state index in [4.69, 9.17) is 0 Å². The summed E-state index contributed by atoms with van der Waals surface area (Å²) in [5.74, 6) is -0.460. The molecule has 144 valence electrons. The third kappa shape index (κ3) is 3.67. The van der Waals surface area contributed by atoms with Crippen molar-refractivity contribution in [3.63, 3.8) is 0 Å². The predicted molar refractivity (Wildman–Crippen MR) is 104 cm³/mol. The number of aromatic nitrogens is 3. The summed E-state index contributed by atoms with van der Waals surface area (Å²) in [4.78, 5) is 14.0. The van der Waals surface area contributed by atoms with E-state index in [2.05, 4.69) is 15.5 Å². The number of para-hydroxylation sites is 1. The van der Waals surface area contributed by atoms with Gasteiger partial charge in [0, 0.05) is 18.8 Å². The molecule has 1 aliphatic heterocycles. The van der Waals surface area contributed by atoms with Crippen LogP contribution in [0.4, 0.5) is 5.69 Å². The Hall–Kier alpha value is -3.04. The Labute approximate surface area is 162 Å². The number of amides is 1. The summed E-state index contributed by atoms with van der Waals surface area (Å²) in [6.45, 7) is 1.06. The SMILES string of the molecule is O=C(Nc1cccc(S(=O)(=O)N2CCCC2)c1)c1cnn(-c2ccccc2)n1. The second-order valence-electron chi connectivity index (χ2n) is 6.45. The maximum absolute atomic E-state index is 12.7. The van der Waals surface area contributed by atoms with Crippen molar-refractivity contribution in [2.75, 3.05) is 18.4 Å². The molecule has 4 rings (SSSR count). The van der Waals surface area contributed by atoms with Crippen LogP contribution in [0.1, 0.15) is 23.3 Å². The van der Waals surface area contributed by atoms with Crippen molar-refractivity contribution in [3.8, 4) is 5.69 Å². The Balaban J connectivity index is 1.52. The van der Waals surface area contributed by atoms with Crippen LogP contribution in [0.25, 0.3) is 5.69 Å². The molecule has 1 aliphatic rings. The van der Waals surface area contributed by atoms with Gasteiger partial charge in [-0.1, -0.05) is 24.3 Å². The number of sulfonamides is 1. The summed E-state index contributed by atoms with van der Waals surface area (Å²) < 4.78 is 26.9. The van der Waals surface area contributed by atoms with E-state index in [1.54, 1.807) is 12.1 Å². The van der Waals surface area contributed by atoms with Crippen LogP contribution in [0.5, 0.6) is 0 Å². The van der Waals surface area contributed by atoms with Crippen LogP contribution in [0.15, 0.2) is 65.7 Å². The first kappa shape index (κ1) is 18.3. The smallest absolute Gasteiger partial charge is 0.277 e. The molecule has 0 bridgehead atoms. The van der Waals surface area contributed by atoms with Crippen molar-refractivity contribution in [2.24, 2.45) is 0 Å². The molecule has 2 heterocycles. The molecule has 1 saturated heterocycles. The van der Waals surface area contributed by atoms with Gasteiger partial charge < -0.3 is 5.32 Å². The average molecular weight is 397 g/mol. The zero-order valence-corrected chi connectivity index (χ0v) is 15.8. The van der Waals surface area contributed by atoms with Gasteiger partial charge in [-0.05, 0) is 43.2 Å². The summed E-state index contributed by atoms with van der Waals surface area (Å²) in [6.07, 6.45) is 3.10. The Morgan fingerprint density at radius 1 is 1.00 bits per heavy atom. The van der Waals surface area contributed by atoms with Crippen LogP contribution in [0.2, 0.25) is 0 Å². The first-order valence-corrected chi connectivity index (χ1v) is 10.4. The van der Waals surface area contributed by atoms with Gasteiger partial charge in [-0.2, -0.15) is 14.2 Å². The minimum absolute atomic E-state index is 0.136. The van der Waals surface area contributed by atoms with Gasteiger partial charge in [0.05, 0.1) is 16.8 Å². The quantitative estimate of drug-likeness (QED) is 0.712. The molecule has 8 nitrogen and oxygen atoms in total. The van der Waals surface area contributed by atoms with Crippen molar-refractivity contribution < 1.29 is 13.2 Å². The first-order chi connectivity index (χ1) is 13.5. The molecule has 2 aromatic carbocycles. The number of benzene rings is 2. The number of carbonyl (C=O) groups excluding carboxylic acids is 1. The van der Waals surface area contributed by atoms with Crippen molar-refractivity contribution in [1.82, 2.24) is 19.3 Å². The van der Waals surface area contributed by atoms with Crippen LogP contribution in [0, 0.1) is 0 Å². The average Bonchev–Trinajstić information content (AvgIpc) is 3.41. The number of anilines is 1. The summed E-state index contributed by atoms with van der Waals surface area (Å²) in [6, 6.07) is 15.5. The minimum atomic E-state index is -3.54. The molecule has 9 heteroatoms. The molecule has 0 radical (unpaired) electrons. The lowest BCUT2D eigenvalue weighted by molar-refractivity contribution is 0.102. The maximum atomic E-state index is 12.7. The van der Waals surface area contributed by atoms with Crippen LogP contribution in [0.3, 0.4) is 0 Å². The molecule has 0 spiro atoms. The highest BCUT2D eigenvalue weighted by Crippen LogP contribution is 2.23. The van der Waals surface area contributed by atoms with E-state index in [9.17, 15) is 13.2 Å². The van der Waals surface area contributed by atoms with Gasteiger partial charge in [0.25, 0.3) is 5.91 Å². The second-order valence-corrected chi connectivity index (χ2v) is 8.39. The molecular formula is C19H19N5O3S. The lowest BCUT2D eigenvalue weighted by Crippen LogP contribution is -2.27. The largest absolute Gasteiger partial charge is 0.321 e. The fraction of sp³-hybridized carbons (Fsp3) is 0.211. The first-order valence-electron chi connectivity index (χ1n) is 8.93. The molecule has 1 aromatic heterocycles. The van der Waals surface area contributed by atoms with Crippen LogP contribution >= 0.6 is 0 Å². The molecule has 0 atom stereocenters.